The number of aromatic nitrogens is 1. The molecule has 1 aliphatic heterocycles. The lowest BCUT2D eigenvalue weighted by atomic mass is 10.2. The Labute approximate surface area is 145 Å². The van der Waals surface area contributed by atoms with E-state index < -0.39 is 0 Å². The van der Waals surface area contributed by atoms with Gasteiger partial charge in [-0.25, -0.2) is 4.98 Å². The van der Waals surface area contributed by atoms with Gasteiger partial charge in [0.15, 0.2) is 0 Å². The summed E-state index contributed by atoms with van der Waals surface area (Å²) >= 11 is 3.32. The number of carbonyl (C=O) groups excluding carboxylic acids is 1. The molecule has 1 aliphatic rings. The number of nitrogens with zero attached hydrogens (tertiary/aromatic N) is 3. The summed E-state index contributed by atoms with van der Waals surface area (Å²) in [7, 11) is 0. The van der Waals surface area contributed by atoms with Gasteiger partial charge in [-0.05, 0) is 38.8 Å². The molecule has 2 aromatic heterocycles. The van der Waals surface area contributed by atoms with Crippen molar-refractivity contribution in [2.24, 2.45) is 0 Å². The maximum absolute atomic E-state index is 12.7. The minimum atomic E-state index is 0.192. The first kappa shape index (κ1) is 16.6. The maximum atomic E-state index is 12.7. The Morgan fingerprint density at radius 2 is 2.04 bits per heavy atom. The monoisotopic (exact) mass is 349 g/mol. The molecular weight excluding hydrogens is 326 g/mol. The summed E-state index contributed by atoms with van der Waals surface area (Å²) in [4.78, 5) is 23.8. The van der Waals surface area contributed by atoms with Crippen molar-refractivity contribution in [2.45, 2.75) is 33.7 Å². The molecule has 0 N–H and O–H groups in total. The fourth-order valence-corrected chi connectivity index (χ4v) is 4.48. The summed E-state index contributed by atoms with van der Waals surface area (Å²) < 4.78 is 0. The van der Waals surface area contributed by atoms with Crippen molar-refractivity contribution >= 4 is 28.6 Å². The molecule has 2 aromatic rings. The van der Waals surface area contributed by atoms with Gasteiger partial charge in [-0.3, -0.25) is 9.69 Å². The van der Waals surface area contributed by atoms with E-state index in [2.05, 4.69) is 29.1 Å². The van der Waals surface area contributed by atoms with Crippen LogP contribution in [0.4, 0.5) is 0 Å². The molecule has 0 aliphatic carbocycles. The summed E-state index contributed by atoms with van der Waals surface area (Å²) in [5, 5.41) is 3.26. The standard InChI is InChI=1S/C17H23N3OS2/c1-12-9-16(23-13(12)2)17(21)20-6-4-5-19(7-8-20)10-15-11-22-14(3)18-15/h9,11H,4-8,10H2,1-3H3. The zero-order valence-electron chi connectivity index (χ0n) is 14.0. The molecule has 1 saturated heterocycles. The van der Waals surface area contributed by atoms with Crippen molar-refractivity contribution in [2.75, 3.05) is 26.2 Å². The highest BCUT2D eigenvalue weighted by Gasteiger charge is 2.22. The van der Waals surface area contributed by atoms with Crippen molar-refractivity contribution in [1.29, 1.82) is 0 Å². The fourth-order valence-electron chi connectivity index (χ4n) is 2.88. The molecular formula is C17H23N3OS2. The van der Waals surface area contributed by atoms with Crippen LogP contribution in [0.1, 0.15) is 37.2 Å². The molecule has 0 bridgehead atoms. The molecule has 124 valence electrons. The molecule has 0 spiro atoms. The summed E-state index contributed by atoms with van der Waals surface area (Å²) in [5.74, 6) is 0.192. The highest BCUT2D eigenvalue weighted by atomic mass is 32.1. The van der Waals surface area contributed by atoms with Crippen LogP contribution in [-0.2, 0) is 6.54 Å². The largest absolute Gasteiger partial charge is 0.337 e. The van der Waals surface area contributed by atoms with Crippen molar-refractivity contribution in [1.82, 2.24) is 14.8 Å². The van der Waals surface area contributed by atoms with E-state index in [0.29, 0.717) is 0 Å². The Morgan fingerprint density at radius 3 is 2.70 bits per heavy atom. The smallest absolute Gasteiger partial charge is 0.263 e. The van der Waals surface area contributed by atoms with E-state index >= 15 is 0 Å². The highest BCUT2D eigenvalue weighted by molar-refractivity contribution is 7.14. The topological polar surface area (TPSA) is 36.4 Å². The van der Waals surface area contributed by atoms with Crippen LogP contribution in [0.3, 0.4) is 0 Å². The van der Waals surface area contributed by atoms with Gasteiger partial charge in [-0.1, -0.05) is 0 Å². The SMILES string of the molecule is Cc1nc(CN2CCCN(C(=O)c3cc(C)c(C)s3)CC2)cs1. The predicted molar refractivity (Wildman–Crippen MR) is 96.4 cm³/mol. The molecule has 3 heterocycles. The fraction of sp³-hybridized carbons (Fsp3) is 0.529. The number of rotatable bonds is 3. The van der Waals surface area contributed by atoms with E-state index in [9.17, 15) is 4.79 Å². The van der Waals surface area contributed by atoms with Crippen LogP contribution in [0.5, 0.6) is 0 Å². The first-order valence-electron chi connectivity index (χ1n) is 8.02. The molecule has 1 amide bonds. The average Bonchev–Trinajstić information content (AvgIpc) is 2.98. The molecule has 1 fully saturated rings. The third kappa shape index (κ3) is 4.00. The molecule has 23 heavy (non-hydrogen) atoms. The molecule has 0 atom stereocenters. The second-order valence-corrected chi connectivity index (χ2v) is 8.45. The van der Waals surface area contributed by atoms with E-state index in [1.54, 1.807) is 22.7 Å². The first-order chi connectivity index (χ1) is 11.0. The number of thiophene rings is 1. The summed E-state index contributed by atoms with van der Waals surface area (Å²) in [6.07, 6.45) is 1.03. The predicted octanol–water partition coefficient (Wildman–Crippen LogP) is 3.48. The number of carbonyl (C=O) groups is 1. The quantitative estimate of drug-likeness (QED) is 0.851. The third-order valence-electron chi connectivity index (χ3n) is 4.30. The molecule has 0 saturated carbocycles. The van der Waals surface area contributed by atoms with E-state index in [1.807, 2.05) is 17.9 Å². The first-order valence-corrected chi connectivity index (χ1v) is 9.72. The Hall–Kier alpha value is -1.24. The van der Waals surface area contributed by atoms with E-state index in [4.69, 9.17) is 0 Å². The average molecular weight is 350 g/mol. The molecule has 0 radical (unpaired) electrons. The number of hydrogen-bond donors (Lipinski definition) is 0. The number of hydrogen-bond acceptors (Lipinski definition) is 5. The van der Waals surface area contributed by atoms with E-state index in [1.165, 1.54) is 10.4 Å². The van der Waals surface area contributed by atoms with Gasteiger partial charge in [0.2, 0.25) is 0 Å². The Kier molecular flexibility index (Phi) is 5.14. The van der Waals surface area contributed by atoms with Crippen LogP contribution in [0, 0.1) is 20.8 Å². The molecule has 3 rings (SSSR count). The number of thiazole rings is 1. The Bertz CT molecular complexity index is 672. The number of aryl methyl sites for hydroxylation is 3. The Balaban J connectivity index is 1.60. The lowest BCUT2D eigenvalue weighted by Crippen LogP contribution is -2.34. The lowest BCUT2D eigenvalue weighted by molar-refractivity contribution is 0.0766. The normalized spacial score (nSPS) is 16.6. The van der Waals surface area contributed by atoms with Gasteiger partial charge in [0.05, 0.1) is 15.6 Å². The van der Waals surface area contributed by atoms with E-state index in [0.717, 1.165) is 54.7 Å². The van der Waals surface area contributed by atoms with Gasteiger partial charge in [0.1, 0.15) is 0 Å². The zero-order chi connectivity index (χ0) is 16.4. The second kappa shape index (κ2) is 7.11. The van der Waals surface area contributed by atoms with Crippen molar-refractivity contribution in [3.05, 3.63) is 37.5 Å². The van der Waals surface area contributed by atoms with E-state index in [-0.39, 0.29) is 5.91 Å². The zero-order valence-corrected chi connectivity index (χ0v) is 15.6. The second-order valence-electron chi connectivity index (χ2n) is 6.13. The van der Waals surface area contributed by atoms with Gasteiger partial charge < -0.3 is 4.90 Å². The van der Waals surface area contributed by atoms with Crippen LogP contribution in [-0.4, -0.2) is 46.9 Å². The highest BCUT2D eigenvalue weighted by Crippen LogP contribution is 2.23. The van der Waals surface area contributed by atoms with Crippen molar-refractivity contribution < 1.29 is 4.79 Å². The third-order valence-corrected chi connectivity index (χ3v) is 6.27. The summed E-state index contributed by atoms with van der Waals surface area (Å²) in [6, 6.07) is 2.03. The van der Waals surface area contributed by atoms with Gasteiger partial charge in [0, 0.05) is 43.0 Å². The van der Waals surface area contributed by atoms with Crippen LogP contribution < -0.4 is 0 Å². The molecule has 6 heteroatoms. The number of amides is 1. The van der Waals surface area contributed by atoms with Gasteiger partial charge in [-0.15, -0.1) is 22.7 Å². The molecule has 4 nitrogen and oxygen atoms in total. The minimum Gasteiger partial charge on any atom is -0.337 e. The maximum Gasteiger partial charge on any atom is 0.263 e. The van der Waals surface area contributed by atoms with Crippen molar-refractivity contribution in [3.8, 4) is 0 Å². The summed E-state index contributed by atoms with van der Waals surface area (Å²) in [5.41, 5.74) is 2.37. The van der Waals surface area contributed by atoms with Crippen LogP contribution in [0.2, 0.25) is 0 Å². The minimum absolute atomic E-state index is 0.192. The van der Waals surface area contributed by atoms with Crippen molar-refractivity contribution in [3.63, 3.8) is 0 Å². The molecule has 0 aromatic carbocycles. The van der Waals surface area contributed by atoms with Crippen LogP contribution in [0.15, 0.2) is 11.4 Å². The Morgan fingerprint density at radius 1 is 1.22 bits per heavy atom. The molecule has 0 unspecified atom stereocenters. The van der Waals surface area contributed by atoms with Gasteiger partial charge in [0.25, 0.3) is 5.91 Å². The van der Waals surface area contributed by atoms with Gasteiger partial charge in [-0.2, -0.15) is 0 Å². The van der Waals surface area contributed by atoms with Crippen LogP contribution >= 0.6 is 22.7 Å². The van der Waals surface area contributed by atoms with Gasteiger partial charge >= 0.3 is 0 Å². The lowest BCUT2D eigenvalue weighted by Gasteiger charge is -2.21. The summed E-state index contributed by atoms with van der Waals surface area (Å²) in [6.45, 7) is 10.7. The van der Waals surface area contributed by atoms with Crippen LogP contribution in [0.25, 0.3) is 0 Å².